The second kappa shape index (κ2) is 6.02. The van der Waals surface area contributed by atoms with Crippen molar-refractivity contribution in [1.29, 1.82) is 0 Å². The highest BCUT2D eigenvalue weighted by Gasteiger charge is 2.41. The SMILES string of the molecule is CNC(c1cncc(C)c1)C1(N(C)C)CCCCC1. The summed E-state index contributed by atoms with van der Waals surface area (Å²) in [5.41, 5.74) is 2.78. The van der Waals surface area contributed by atoms with Crippen LogP contribution in [0, 0.1) is 6.92 Å². The molecule has 0 aliphatic heterocycles. The molecule has 1 aliphatic carbocycles. The van der Waals surface area contributed by atoms with E-state index in [1.54, 1.807) is 0 Å². The zero-order chi connectivity index (χ0) is 13.9. The molecule has 0 radical (unpaired) electrons. The highest BCUT2D eigenvalue weighted by atomic mass is 15.2. The first-order valence-corrected chi connectivity index (χ1v) is 7.36. The molecule has 1 aliphatic rings. The predicted octanol–water partition coefficient (Wildman–Crippen LogP) is 2.92. The number of hydrogen-bond donors (Lipinski definition) is 1. The molecule has 2 rings (SSSR count). The molecule has 0 amide bonds. The quantitative estimate of drug-likeness (QED) is 0.903. The standard InChI is InChI=1S/C16H27N3/c1-13-10-14(12-18-11-13)15(17-2)16(19(3)4)8-6-5-7-9-16/h10-12,15,17H,5-9H2,1-4H3. The molecule has 1 atom stereocenters. The molecule has 19 heavy (non-hydrogen) atoms. The summed E-state index contributed by atoms with van der Waals surface area (Å²) in [5.74, 6) is 0. The van der Waals surface area contributed by atoms with Gasteiger partial charge in [-0.25, -0.2) is 0 Å². The lowest BCUT2D eigenvalue weighted by atomic mass is 9.73. The fraction of sp³-hybridized carbons (Fsp3) is 0.688. The van der Waals surface area contributed by atoms with Gasteiger partial charge in [0.15, 0.2) is 0 Å². The average molecular weight is 261 g/mol. The van der Waals surface area contributed by atoms with Crippen molar-refractivity contribution in [3.8, 4) is 0 Å². The van der Waals surface area contributed by atoms with E-state index in [0.29, 0.717) is 6.04 Å². The normalized spacial score (nSPS) is 20.5. The monoisotopic (exact) mass is 261 g/mol. The number of aryl methyl sites for hydroxylation is 1. The summed E-state index contributed by atoms with van der Waals surface area (Å²) in [6.45, 7) is 2.12. The van der Waals surface area contributed by atoms with Gasteiger partial charge in [-0.2, -0.15) is 0 Å². The molecule has 1 N–H and O–H groups in total. The average Bonchev–Trinajstić information content (AvgIpc) is 2.40. The maximum absolute atomic E-state index is 4.38. The van der Waals surface area contributed by atoms with Crippen molar-refractivity contribution in [2.24, 2.45) is 0 Å². The molecule has 1 aromatic heterocycles. The van der Waals surface area contributed by atoms with Crippen LogP contribution < -0.4 is 5.32 Å². The van der Waals surface area contributed by atoms with Crippen LogP contribution in [0.15, 0.2) is 18.5 Å². The molecule has 1 heterocycles. The molecule has 3 heteroatoms. The Bertz CT molecular complexity index is 408. The fourth-order valence-corrected chi connectivity index (χ4v) is 3.64. The fourth-order valence-electron chi connectivity index (χ4n) is 3.64. The van der Waals surface area contributed by atoms with Crippen LogP contribution in [0.3, 0.4) is 0 Å². The molecule has 1 aromatic rings. The number of nitrogens with zero attached hydrogens (tertiary/aromatic N) is 2. The summed E-state index contributed by atoms with van der Waals surface area (Å²) in [5, 5.41) is 3.56. The van der Waals surface area contributed by atoms with Gasteiger partial charge in [-0.3, -0.25) is 4.98 Å². The summed E-state index contributed by atoms with van der Waals surface area (Å²) in [7, 11) is 6.52. The van der Waals surface area contributed by atoms with Crippen molar-refractivity contribution >= 4 is 0 Å². The number of pyridine rings is 1. The number of likely N-dealkylation sites (N-methyl/N-ethyl adjacent to an activating group) is 2. The van der Waals surface area contributed by atoms with Crippen LogP contribution in [-0.2, 0) is 0 Å². The minimum absolute atomic E-state index is 0.225. The van der Waals surface area contributed by atoms with Crippen LogP contribution in [0.4, 0.5) is 0 Å². The van der Waals surface area contributed by atoms with E-state index in [2.05, 4.69) is 49.3 Å². The largest absolute Gasteiger partial charge is 0.311 e. The van der Waals surface area contributed by atoms with Gasteiger partial charge < -0.3 is 10.2 Å². The second-order valence-corrected chi connectivity index (χ2v) is 6.08. The number of aromatic nitrogens is 1. The minimum atomic E-state index is 0.225. The van der Waals surface area contributed by atoms with Gasteiger partial charge in [-0.1, -0.05) is 25.3 Å². The van der Waals surface area contributed by atoms with E-state index in [1.807, 2.05) is 12.4 Å². The Balaban J connectivity index is 2.37. The molecule has 3 nitrogen and oxygen atoms in total. The second-order valence-electron chi connectivity index (χ2n) is 6.08. The lowest BCUT2D eigenvalue weighted by Gasteiger charge is -2.48. The van der Waals surface area contributed by atoms with Gasteiger partial charge in [0, 0.05) is 17.9 Å². The van der Waals surface area contributed by atoms with Crippen LogP contribution in [0.1, 0.15) is 49.3 Å². The molecule has 0 bridgehead atoms. The zero-order valence-corrected chi connectivity index (χ0v) is 12.7. The third-order valence-corrected chi connectivity index (χ3v) is 4.67. The Hall–Kier alpha value is -0.930. The molecule has 0 spiro atoms. The highest BCUT2D eigenvalue weighted by molar-refractivity contribution is 5.24. The maximum atomic E-state index is 4.38. The summed E-state index contributed by atoms with van der Waals surface area (Å²) in [6, 6.07) is 2.63. The molecule has 1 unspecified atom stereocenters. The summed E-state index contributed by atoms with van der Waals surface area (Å²) >= 11 is 0. The van der Waals surface area contributed by atoms with E-state index >= 15 is 0 Å². The molecule has 1 saturated carbocycles. The van der Waals surface area contributed by atoms with Crippen molar-refractivity contribution in [3.63, 3.8) is 0 Å². The molecular formula is C16H27N3. The first-order valence-electron chi connectivity index (χ1n) is 7.36. The van der Waals surface area contributed by atoms with Crippen molar-refractivity contribution in [2.75, 3.05) is 21.1 Å². The Kier molecular flexibility index (Phi) is 4.58. The molecule has 1 fully saturated rings. The van der Waals surface area contributed by atoms with E-state index in [9.17, 15) is 0 Å². The third-order valence-electron chi connectivity index (χ3n) is 4.67. The number of rotatable bonds is 4. The zero-order valence-electron chi connectivity index (χ0n) is 12.7. The molecule has 0 saturated heterocycles. The van der Waals surface area contributed by atoms with Crippen LogP contribution in [0.25, 0.3) is 0 Å². The third kappa shape index (κ3) is 2.82. The molecular weight excluding hydrogens is 234 g/mol. The van der Waals surface area contributed by atoms with Crippen molar-refractivity contribution < 1.29 is 0 Å². The van der Waals surface area contributed by atoms with Gasteiger partial charge >= 0.3 is 0 Å². The Morgan fingerprint density at radius 2 is 1.89 bits per heavy atom. The van der Waals surface area contributed by atoms with E-state index < -0.39 is 0 Å². The predicted molar refractivity (Wildman–Crippen MR) is 80.3 cm³/mol. The van der Waals surface area contributed by atoms with Crippen molar-refractivity contribution in [2.45, 2.75) is 50.6 Å². The van der Waals surface area contributed by atoms with E-state index in [0.717, 1.165) is 0 Å². The molecule has 106 valence electrons. The van der Waals surface area contributed by atoms with E-state index in [1.165, 1.54) is 43.2 Å². The smallest absolute Gasteiger partial charge is 0.0519 e. The summed E-state index contributed by atoms with van der Waals surface area (Å²) < 4.78 is 0. The Morgan fingerprint density at radius 1 is 1.21 bits per heavy atom. The van der Waals surface area contributed by atoms with Gasteiger partial charge in [-0.05, 0) is 52.0 Å². The van der Waals surface area contributed by atoms with Gasteiger partial charge in [0.2, 0.25) is 0 Å². The lowest BCUT2D eigenvalue weighted by molar-refractivity contribution is 0.0593. The maximum Gasteiger partial charge on any atom is 0.0519 e. The van der Waals surface area contributed by atoms with Gasteiger partial charge in [0.25, 0.3) is 0 Å². The number of hydrogen-bond acceptors (Lipinski definition) is 3. The van der Waals surface area contributed by atoms with Crippen LogP contribution in [-0.4, -0.2) is 36.6 Å². The highest BCUT2D eigenvalue weighted by Crippen LogP contribution is 2.41. The van der Waals surface area contributed by atoms with Crippen LogP contribution in [0.2, 0.25) is 0 Å². The van der Waals surface area contributed by atoms with Gasteiger partial charge in [-0.15, -0.1) is 0 Å². The van der Waals surface area contributed by atoms with Crippen LogP contribution >= 0.6 is 0 Å². The van der Waals surface area contributed by atoms with E-state index in [-0.39, 0.29) is 5.54 Å². The Morgan fingerprint density at radius 3 is 2.42 bits per heavy atom. The molecule has 0 aromatic carbocycles. The topological polar surface area (TPSA) is 28.2 Å². The minimum Gasteiger partial charge on any atom is -0.311 e. The number of nitrogens with one attached hydrogen (secondary N) is 1. The van der Waals surface area contributed by atoms with E-state index in [4.69, 9.17) is 0 Å². The van der Waals surface area contributed by atoms with Crippen LogP contribution in [0.5, 0.6) is 0 Å². The first kappa shape index (κ1) is 14.5. The van der Waals surface area contributed by atoms with Crippen molar-refractivity contribution in [3.05, 3.63) is 29.6 Å². The van der Waals surface area contributed by atoms with Crippen molar-refractivity contribution in [1.82, 2.24) is 15.2 Å². The first-order chi connectivity index (χ1) is 9.10. The summed E-state index contributed by atoms with van der Waals surface area (Å²) in [6.07, 6.45) is 10.5. The summed E-state index contributed by atoms with van der Waals surface area (Å²) in [4.78, 5) is 6.81. The Labute approximate surface area is 117 Å². The van der Waals surface area contributed by atoms with Gasteiger partial charge in [0.05, 0.1) is 6.04 Å². The lowest BCUT2D eigenvalue weighted by Crippen LogP contribution is -2.54. The van der Waals surface area contributed by atoms with Gasteiger partial charge in [0.1, 0.15) is 0 Å².